The van der Waals surface area contributed by atoms with Gasteiger partial charge in [0, 0.05) is 27.8 Å². The van der Waals surface area contributed by atoms with Crippen molar-refractivity contribution in [1.29, 1.82) is 0 Å². The number of amides is 1. The Morgan fingerprint density at radius 2 is 2.50 bits per heavy atom. The Kier molecular flexibility index (Phi) is 4.45. The topological polar surface area (TPSA) is 42.0 Å². The van der Waals surface area contributed by atoms with E-state index in [1.54, 1.807) is 18.5 Å². The molecule has 0 aromatic carbocycles. The van der Waals surface area contributed by atoms with Gasteiger partial charge in [-0.15, -0.1) is 0 Å². The van der Waals surface area contributed by atoms with Crippen LogP contribution in [-0.4, -0.2) is 28.4 Å². The van der Waals surface area contributed by atoms with Gasteiger partial charge < -0.3 is 5.32 Å². The molecule has 2 rings (SSSR count). The fourth-order valence-electron chi connectivity index (χ4n) is 1.68. The van der Waals surface area contributed by atoms with E-state index in [9.17, 15) is 4.79 Å². The van der Waals surface area contributed by atoms with Crippen LogP contribution < -0.4 is 5.32 Å². The van der Waals surface area contributed by atoms with Crippen molar-refractivity contribution in [1.82, 2.24) is 10.3 Å². The van der Waals surface area contributed by atoms with E-state index in [0.29, 0.717) is 6.04 Å². The van der Waals surface area contributed by atoms with E-state index >= 15 is 0 Å². The summed E-state index contributed by atoms with van der Waals surface area (Å²) in [7, 11) is 0. The summed E-state index contributed by atoms with van der Waals surface area (Å²) in [6.45, 7) is 0. The molecule has 2 heterocycles. The highest BCUT2D eigenvalue weighted by Crippen LogP contribution is 2.18. The number of carbonyl (C=O) groups is 1. The zero-order valence-electron chi connectivity index (χ0n) is 8.78. The molecule has 1 atom stereocenters. The minimum atomic E-state index is 0.0271. The Balaban J connectivity index is 2.00. The van der Waals surface area contributed by atoms with Crippen LogP contribution in [0, 0.1) is 3.57 Å². The van der Waals surface area contributed by atoms with Crippen LogP contribution in [0.3, 0.4) is 0 Å². The maximum Gasteiger partial charge on any atom is 0.252 e. The van der Waals surface area contributed by atoms with Crippen LogP contribution >= 0.6 is 34.4 Å². The first-order chi connectivity index (χ1) is 7.77. The van der Waals surface area contributed by atoms with Crippen LogP contribution in [-0.2, 0) is 0 Å². The molecule has 1 aromatic rings. The molecule has 1 aliphatic heterocycles. The largest absolute Gasteiger partial charge is 0.348 e. The summed E-state index contributed by atoms with van der Waals surface area (Å²) in [5.74, 6) is 2.28. The fraction of sp³-hybridized carbons (Fsp3) is 0.455. The van der Waals surface area contributed by atoms with Crippen molar-refractivity contribution < 1.29 is 4.79 Å². The smallest absolute Gasteiger partial charge is 0.252 e. The van der Waals surface area contributed by atoms with E-state index in [0.717, 1.165) is 21.3 Å². The van der Waals surface area contributed by atoms with Gasteiger partial charge in [0.05, 0.1) is 5.56 Å². The second-order valence-electron chi connectivity index (χ2n) is 3.74. The third kappa shape index (κ3) is 3.10. The number of thioether (sulfide) groups is 1. The zero-order chi connectivity index (χ0) is 11.4. The number of carbonyl (C=O) groups excluding carboxylic acids is 1. The molecule has 5 heteroatoms. The second kappa shape index (κ2) is 5.86. The van der Waals surface area contributed by atoms with Crippen LogP contribution in [0.1, 0.15) is 23.2 Å². The third-order valence-corrected chi connectivity index (χ3v) is 4.59. The van der Waals surface area contributed by atoms with Gasteiger partial charge in [0.15, 0.2) is 0 Å². The molecule has 86 valence electrons. The van der Waals surface area contributed by atoms with Gasteiger partial charge in [-0.3, -0.25) is 9.78 Å². The molecule has 1 amide bonds. The van der Waals surface area contributed by atoms with Gasteiger partial charge in [0.25, 0.3) is 5.91 Å². The standard InChI is InChI=1S/C11H13IN2OS/c12-10-6-13-4-3-9(10)11(15)14-8-2-1-5-16-7-8/h3-4,6,8H,1-2,5,7H2,(H,14,15)/t8-/m0/s1. The summed E-state index contributed by atoms with van der Waals surface area (Å²) in [5, 5.41) is 3.08. The molecule has 1 aromatic heterocycles. The summed E-state index contributed by atoms with van der Waals surface area (Å²) in [5.41, 5.74) is 0.728. The predicted octanol–water partition coefficient (Wildman–Crippen LogP) is 2.31. The van der Waals surface area contributed by atoms with Crippen molar-refractivity contribution in [3.05, 3.63) is 27.6 Å². The molecule has 1 aliphatic rings. The minimum Gasteiger partial charge on any atom is -0.348 e. The van der Waals surface area contributed by atoms with Crippen LogP contribution in [0.15, 0.2) is 18.5 Å². The summed E-state index contributed by atoms with van der Waals surface area (Å²) < 4.78 is 0.904. The van der Waals surface area contributed by atoms with Gasteiger partial charge in [-0.2, -0.15) is 11.8 Å². The van der Waals surface area contributed by atoms with Crippen molar-refractivity contribution in [3.8, 4) is 0 Å². The Hall–Kier alpha value is -0.300. The Bertz CT molecular complexity index is 380. The minimum absolute atomic E-state index is 0.0271. The SMILES string of the molecule is O=C(N[C@H]1CCCSC1)c1ccncc1I. The number of rotatable bonds is 2. The molecule has 0 saturated carbocycles. The molecular formula is C11H13IN2OS. The van der Waals surface area contributed by atoms with Crippen molar-refractivity contribution in [2.45, 2.75) is 18.9 Å². The van der Waals surface area contributed by atoms with Gasteiger partial charge in [0.1, 0.15) is 0 Å². The number of nitrogens with one attached hydrogen (secondary N) is 1. The second-order valence-corrected chi connectivity index (χ2v) is 6.06. The quantitative estimate of drug-likeness (QED) is 0.834. The highest BCUT2D eigenvalue weighted by atomic mass is 127. The molecule has 0 radical (unpaired) electrons. The lowest BCUT2D eigenvalue weighted by Gasteiger charge is -2.22. The molecule has 0 bridgehead atoms. The van der Waals surface area contributed by atoms with Crippen molar-refractivity contribution in [3.63, 3.8) is 0 Å². The van der Waals surface area contributed by atoms with Gasteiger partial charge in [0.2, 0.25) is 0 Å². The van der Waals surface area contributed by atoms with Gasteiger partial charge in [-0.25, -0.2) is 0 Å². The maximum absolute atomic E-state index is 12.0. The average molecular weight is 348 g/mol. The molecule has 1 saturated heterocycles. The van der Waals surface area contributed by atoms with Crippen molar-refractivity contribution >= 4 is 40.3 Å². The molecule has 1 N–H and O–H groups in total. The normalized spacial score (nSPS) is 20.4. The molecular weight excluding hydrogens is 335 g/mol. The van der Waals surface area contributed by atoms with E-state index in [-0.39, 0.29) is 5.91 Å². The summed E-state index contributed by atoms with van der Waals surface area (Å²) in [6, 6.07) is 2.10. The first-order valence-corrected chi connectivity index (χ1v) is 7.49. The lowest BCUT2D eigenvalue weighted by atomic mass is 10.1. The van der Waals surface area contributed by atoms with E-state index in [2.05, 4.69) is 32.9 Å². The predicted molar refractivity (Wildman–Crippen MR) is 74.8 cm³/mol. The Morgan fingerprint density at radius 3 is 3.19 bits per heavy atom. The lowest BCUT2D eigenvalue weighted by Crippen LogP contribution is -2.38. The number of hydrogen-bond donors (Lipinski definition) is 1. The van der Waals surface area contributed by atoms with E-state index < -0.39 is 0 Å². The van der Waals surface area contributed by atoms with E-state index in [1.807, 2.05) is 11.8 Å². The lowest BCUT2D eigenvalue weighted by molar-refractivity contribution is 0.0937. The number of hydrogen-bond acceptors (Lipinski definition) is 3. The highest BCUT2D eigenvalue weighted by molar-refractivity contribution is 14.1. The molecule has 0 unspecified atom stereocenters. The fourth-order valence-corrected chi connectivity index (χ4v) is 3.33. The third-order valence-electron chi connectivity index (χ3n) is 2.51. The van der Waals surface area contributed by atoms with Crippen molar-refractivity contribution in [2.24, 2.45) is 0 Å². The van der Waals surface area contributed by atoms with E-state index in [4.69, 9.17) is 0 Å². The summed E-state index contributed by atoms with van der Waals surface area (Å²) in [4.78, 5) is 16.0. The van der Waals surface area contributed by atoms with Crippen LogP contribution in [0.2, 0.25) is 0 Å². The molecule has 0 spiro atoms. The number of aromatic nitrogens is 1. The van der Waals surface area contributed by atoms with Gasteiger partial charge in [-0.1, -0.05) is 0 Å². The number of halogens is 1. The molecule has 0 aliphatic carbocycles. The van der Waals surface area contributed by atoms with Crippen LogP contribution in [0.4, 0.5) is 0 Å². The molecule has 1 fully saturated rings. The zero-order valence-corrected chi connectivity index (χ0v) is 11.8. The molecule has 16 heavy (non-hydrogen) atoms. The maximum atomic E-state index is 12.0. The van der Waals surface area contributed by atoms with Gasteiger partial charge >= 0.3 is 0 Å². The Labute approximate surface area is 113 Å². The summed E-state index contributed by atoms with van der Waals surface area (Å²) in [6.07, 6.45) is 5.67. The monoisotopic (exact) mass is 348 g/mol. The number of nitrogens with zero attached hydrogens (tertiary/aromatic N) is 1. The first kappa shape index (κ1) is 12.2. The number of pyridine rings is 1. The van der Waals surface area contributed by atoms with E-state index in [1.165, 1.54) is 12.2 Å². The van der Waals surface area contributed by atoms with Crippen molar-refractivity contribution in [2.75, 3.05) is 11.5 Å². The highest BCUT2D eigenvalue weighted by Gasteiger charge is 2.17. The van der Waals surface area contributed by atoms with Gasteiger partial charge in [-0.05, 0) is 47.3 Å². The van der Waals surface area contributed by atoms with Crippen LogP contribution in [0.25, 0.3) is 0 Å². The first-order valence-electron chi connectivity index (χ1n) is 5.25. The summed E-state index contributed by atoms with van der Waals surface area (Å²) >= 11 is 4.06. The van der Waals surface area contributed by atoms with Crippen LogP contribution in [0.5, 0.6) is 0 Å². The average Bonchev–Trinajstić information content (AvgIpc) is 2.31. The molecule has 3 nitrogen and oxygen atoms in total. The Morgan fingerprint density at radius 1 is 1.62 bits per heavy atom.